The lowest BCUT2D eigenvalue weighted by Crippen LogP contribution is -2.49. The van der Waals surface area contributed by atoms with Gasteiger partial charge in [-0.2, -0.15) is 0 Å². The van der Waals surface area contributed by atoms with E-state index in [9.17, 15) is 9.90 Å². The number of likely N-dealkylation sites (tertiary alicyclic amines) is 1. The van der Waals surface area contributed by atoms with E-state index in [0.717, 1.165) is 51.6 Å². The number of aryl methyl sites for hydroxylation is 3. The summed E-state index contributed by atoms with van der Waals surface area (Å²) < 4.78 is 0. The maximum Gasteiger partial charge on any atom is 0.222 e. The van der Waals surface area contributed by atoms with Crippen LogP contribution in [0.25, 0.3) is 0 Å². The van der Waals surface area contributed by atoms with Gasteiger partial charge in [-0.1, -0.05) is 30.2 Å². The van der Waals surface area contributed by atoms with Crippen molar-refractivity contribution < 1.29 is 9.90 Å². The van der Waals surface area contributed by atoms with Gasteiger partial charge in [0.2, 0.25) is 5.91 Å². The number of aliphatic hydroxyl groups is 1. The molecule has 1 spiro atoms. The Hall–Kier alpha value is -1.35. The van der Waals surface area contributed by atoms with Gasteiger partial charge in [-0.3, -0.25) is 4.79 Å². The first kappa shape index (κ1) is 16.5. The van der Waals surface area contributed by atoms with Gasteiger partial charge in [0.05, 0.1) is 6.10 Å². The molecule has 1 aromatic rings. The maximum absolute atomic E-state index is 12.6. The Balaban J connectivity index is 1.59. The predicted molar refractivity (Wildman–Crippen MR) is 92.3 cm³/mol. The molecule has 3 rings (SSSR count). The number of hydrogen-bond donors (Lipinski definition) is 1. The van der Waals surface area contributed by atoms with Crippen molar-refractivity contribution in [3.8, 4) is 0 Å². The summed E-state index contributed by atoms with van der Waals surface area (Å²) in [5.74, 6) is 0.253. The third-order valence-electron chi connectivity index (χ3n) is 5.93. The van der Waals surface area contributed by atoms with Crippen LogP contribution in [0.3, 0.4) is 0 Å². The topological polar surface area (TPSA) is 40.5 Å². The summed E-state index contributed by atoms with van der Waals surface area (Å²) in [4.78, 5) is 14.7. The molecular formula is C20H29NO2. The molecule has 1 aromatic carbocycles. The molecule has 1 N–H and O–H groups in total. The van der Waals surface area contributed by atoms with Crippen molar-refractivity contribution in [2.24, 2.45) is 5.41 Å². The van der Waals surface area contributed by atoms with Gasteiger partial charge in [0.1, 0.15) is 0 Å². The van der Waals surface area contributed by atoms with Gasteiger partial charge in [0.25, 0.3) is 0 Å². The molecule has 2 fully saturated rings. The van der Waals surface area contributed by atoms with Crippen LogP contribution in [0.15, 0.2) is 18.2 Å². The van der Waals surface area contributed by atoms with Crippen molar-refractivity contribution in [3.05, 3.63) is 34.9 Å². The Kier molecular flexibility index (Phi) is 4.77. The lowest BCUT2D eigenvalue weighted by molar-refractivity contribution is -0.136. The number of aliphatic hydroxyl groups excluding tert-OH is 1. The van der Waals surface area contributed by atoms with E-state index in [2.05, 4.69) is 32.0 Å². The van der Waals surface area contributed by atoms with E-state index in [0.29, 0.717) is 6.42 Å². The van der Waals surface area contributed by atoms with Crippen LogP contribution in [0, 0.1) is 19.3 Å². The van der Waals surface area contributed by atoms with Crippen LogP contribution in [-0.2, 0) is 11.2 Å². The number of rotatable bonds is 3. The molecule has 23 heavy (non-hydrogen) atoms. The second-order valence-corrected chi connectivity index (χ2v) is 7.62. The van der Waals surface area contributed by atoms with E-state index < -0.39 is 0 Å². The Morgan fingerprint density at radius 3 is 2.78 bits per heavy atom. The minimum atomic E-state index is -0.211. The molecular weight excluding hydrogens is 286 g/mol. The fourth-order valence-electron chi connectivity index (χ4n) is 4.50. The lowest BCUT2D eigenvalue weighted by Gasteiger charge is -2.42. The molecule has 0 bridgehead atoms. The summed E-state index contributed by atoms with van der Waals surface area (Å²) in [6.45, 7) is 5.85. The highest BCUT2D eigenvalue weighted by Gasteiger charge is 2.45. The molecule has 0 aromatic heterocycles. The summed E-state index contributed by atoms with van der Waals surface area (Å²) in [6.07, 6.45) is 6.39. The Morgan fingerprint density at radius 1 is 1.30 bits per heavy atom. The molecule has 1 aliphatic carbocycles. The van der Waals surface area contributed by atoms with Crippen molar-refractivity contribution in [2.45, 2.75) is 64.9 Å². The molecule has 1 aliphatic heterocycles. The van der Waals surface area contributed by atoms with E-state index >= 15 is 0 Å². The van der Waals surface area contributed by atoms with Crippen LogP contribution in [0.4, 0.5) is 0 Å². The molecule has 1 heterocycles. The fourth-order valence-corrected chi connectivity index (χ4v) is 4.50. The van der Waals surface area contributed by atoms with Crippen LogP contribution < -0.4 is 0 Å². The smallest absolute Gasteiger partial charge is 0.222 e. The van der Waals surface area contributed by atoms with E-state index in [1.165, 1.54) is 16.7 Å². The Morgan fingerprint density at radius 2 is 2.09 bits per heavy atom. The van der Waals surface area contributed by atoms with Gasteiger partial charge in [-0.15, -0.1) is 0 Å². The number of carbonyl (C=O) groups is 1. The summed E-state index contributed by atoms with van der Waals surface area (Å²) >= 11 is 0. The molecule has 2 atom stereocenters. The number of amides is 1. The molecule has 1 saturated carbocycles. The van der Waals surface area contributed by atoms with Crippen LogP contribution in [-0.4, -0.2) is 35.1 Å². The first-order chi connectivity index (χ1) is 11.0. The molecule has 3 heteroatoms. The first-order valence-electron chi connectivity index (χ1n) is 9.02. The molecule has 0 unspecified atom stereocenters. The number of piperidine rings is 1. The van der Waals surface area contributed by atoms with E-state index in [4.69, 9.17) is 0 Å². The third kappa shape index (κ3) is 3.45. The van der Waals surface area contributed by atoms with E-state index in [-0.39, 0.29) is 17.4 Å². The zero-order valence-corrected chi connectivity index (χ0v) is 14.5. The Labute approximate surface area is 139 Å². The van der Waals surface area contributed by atoms with Gasteiger partial charge in [-0.05, 0) is 57.1 Å². The number of benzene rings is 1. The lowest BCUT2D eigenvalue weighted by atomic mass is 9.76. The summed E-state index contributed by atoms with van der Waals surface area (Å²) in [5, 5.41) is 10.3. The van der Waals surface area contributed by atoms with Crippen LogP contribution in [0.1, 0.15) is 55.2 Å². The van der Waals surface area contributed by atoms with Gasteiger partial charge < -0.3 is 10.0 Å². The van der Waals surface area contributed by atoms with Crippen molar-refractivity contribution in [1.29, 1.82) is 0 Å². The minimum absolute atomic E-state index is 0.00626. The summed E-state index contributed by atoms with van der Waals surface area (Å²) in [6, 6.07) is 6.46. The van der Waals surface area contributed by atoms with Gasteiger partial charge in [0.15, 0.2) is 0 Å². The standard InChI is InChI=1S/C20H29NO2/c1-15-6-7-17(16(2)13-15)8-9-19(23)21-12-4-11-20(14-21)10-3-5-18(20)22/h6-7,13,18,22H,3-5,8-12,14H2,1-2H3/t18-,20-/m1/s1. The SMILES string of the molecule is Cc1ccc(CCC(=O)N2CCC[C@]3(CCC[C@H]3O)C2)c(C)c1. The molecule has 126 valence electrons. The highest BCUT2D eigenvalue weighted by Crippen LogP contribution is 2.45. The first-order valence-corrected chi connectivity index (χ1v) is 9.02. The predicted octanol–water partition coefficient (Wildman–Crippen LogP) is 3.39. The zero-order valence-electron chi connectivity index (χ0n) is 14.5. The second kappa shape index (κ2) is 6.64. The van der Waals surface area contributed by atoms with Crippen LogP contribution in [0.2, 0.25) is 0 Å². The number of carbonyl (C=O) groups excluding carboxylic acids is 1. The quantitative estimate of drug-likeness (QED) is 0.929. The normalized spacial score (nSPS) is 27.6. The van der Waals surface area contributed by atoms with Crippen molar-refractivity contribution in [3.63, 3.8) is 0 Å². The zero-order chi connectivity index (χ0) is 16.4. The molecule has 1 saturated heterocycles. The molecule has 2 aliphatic rings. The van der Waals surface area contributed by atoms with Crippen molar-refractivity contribution >= 4 is 5.91 Å². The molecule has 1 amide bonds. The maximum atomic E-state index is 12.6. The van der Waals surface area contributed by atoms with Crippen molar-refractivity contribution in [2.75, 3.05) is 13.1 Å². The monoisotopic (exact) mass is 315 g/mol. The second-order valence-electron chi connectivity index (χ2n) is 7.62. The average Bonchev–Trinajstić information content (AvgIpc) is 2.86. The Bertz CT molecular complexity index is 583. The highest BCUT2D eigenvalue weighted by molar-refractivity contribution is 5.76. The van der Waals surface area contributed by atoms with Crippen LogP contribution in [0.5, 0.6) is 0 Å². The number of nitrogens with zero attached hydrogens (tertiary/aromatic N) is 1. The highest BCUT2D eigenvalue weighted by atomic mass is 16.3. The van der Waals surface area contributed by atoms with Gasteiger partial charge in [-0.25, -0.2) is 0 Å². The van der Waals surface area contributed by atoms with Gasteiger partial charge in [0, 0.05) is 24.9 Å². The third-order valence-corrected chi connectivity index (χ3v) is 5.93. The van der Waals surface area contributed by atoms with Crippen LogP contribution >= 0.6 is 0 Å². The number of hydrogen-bond acceptors (Lipinski definition) is 2. The van der Waals surface area contributed by atoms with Crippen molar-refractivity contribution in [1.82, 2.24) is 4.90 Å². The molecule has 0 radical (unpaired) electrons. The molecule has 3 nitrogen and oxygen atoms in total. The van der Waals surface area contributed by atoms with Gasteiger partial charge >= 0.3 is 0 Å². The van der Waals surface area contributed by atoms with E-state index in [1.807, 2.05) is 4.90 Å². The largest absolute Gasteiger partial charge is 0.392 e. The van der Waals surface area contributed by atoms with E-state index in [1.54, 1.807) is 0 Å². The average molecular weight is 315 g/mol. The summed E-state index contributed by atoms with van der Waals surface area (Å²) in [7, 11) is 0. The minimum Gasteiger partial charge on any atom is -0.392 e. The fraction of sp³-hybridized carbons (Fsp3) is 0.650. The summed E-state index contributed by atoms with van der Waals surface area (Å²) in [5.41, 5.74) is 3.81.